The largest absolute Gasteiger partial charge is 0.381 e. The van der Waals surface area contributed by atoms with Gasteiger partial charge in [0.15, 0.2) is 5.82 Å². The van der Waals surface area contributed by atoms with Crippen LogP contribution in [0.1, 0.15) is 6.92 Å². The highest BCUT2D eigenvalue weighted by Gasteiger charge is 2.05. The first-order valence-corrected chi connectivity index (χ1v) is 4.02. The summed E-state index contributed by atoms with van der Waals surface area (Å²) in [6, 6.07) is 0. The van der Waals surface area contributed by atoms with Gasteiger partial charge in [-0.25, -0.2) is 0 Å². The fourth-order valence-corrected chi connectivity index (χ4v) is 0.994. The Bertz CT molecular complexity index is 242. The summed E-state index contributed by atoms with van der Waals surface area (Å²) < 4.78 is 6.73. The number of hydrogen-bond acceptors (Lipinski definition) is 3. The molecular formula is C7H12ClN3O. The molecule has 1 aromatic heterocycles. The average Bonchev–Trinajstić information content (AvgIpc) is 2.31. The first kappa shape index (κ1) is 9.35. The van der Waals surface area contributed by atoms with E-state index in [4.69, 9.17) is 22.1 Å². The van der Waals surface area contributed by atoms with Gasteiger partial charge in [-0.05, 0) is 6.92 Å². The molecule has 0 radical (unpaired) electrons. The molecule has 0 amide bonds. The lowest BCUT2D eigenvalue weighted by Gasteiger charge is -2.08. The molecule has 5 heteroatoms. The lowest BCUT2D eigenvalue weighted by atomic mass is 10.4. The highest BCUT2D eigenvalue weighted by Crippen LogP contribution is 2.15. The van der Waals surface area contributed by atoms with Crippen molar-refractivity contribution in [3.8, 4) is 0 Å². The maximum absolute atomic E-state index is 5.71. The van der Waals surface area contributed by atoms with E-state index in [1.165, 1.54) is 0 Å². The van der Waals surface area contributed by atoms with Crippen LogP contribution < -0.4 is 5.73 Å². The molecule has 0 aliphatic carbocycles. The van der Waals surface area contributed by atoms with Gasteiger partial charge >= 0.3 is 0 Å². The van der Waals surface area contributed by atoms with E-state index < -0.39 is 0 Å². The number of anilines is 1. The Labute approximate surface area is 76.3 Å². The molecule has 0 saturated carbocycles. The molecule has 1 rings (SSSR count). The van der Waals surface area contributed by atoms with Gasteiger partial charge < -0.3 is 10.5 Å². The lowest BCUT2D eigenvalue weighted by Crippen LogP contribution is -2.15. The van der Waals surface area contributed by atoms with Crippen molar-refractivity contribution in [1.82, 2.24) is 9.78 Å². The van der Waals surface area contributed by atoms with Gasteiger partial charge in [-0.1, -0.05) is 11.6 Å². The molecule has 68 valence electrons. The zero-order chi connectivity index (χ0) is 9.14. The minimum atomic E-state index is 0.111. The van der Waals surface area contributed by atoms with Crippen molar-refractivity contribution in [2.24, 2.45) is 0 Å². The van der Waals surface area contributed by atoms with Crippen LogP contribution in [0.5, 0.6) is 0 Å². The number of nitrogens with zero attached hydrogens (tertiary/aromatic N) is 2. The summed E-state index contributed by atoms with van der Waals surface area (Å²) in [5, 5.41) is 4.47. The van der Waals surface area contributed by atoms with E-state index in [2.05, 4.69) is 5.10 Å². The number of halogens is 1. The zero-order valence-corrected chi connectivity index (χ0v) is 7.88. The van der Waals surface area contributed by atoms with Crippen molar-refractivity contribution in [3.63, 3.8) is 0 Å². The van der Waals surface area contributed by atoms with Crippen LogP contribution in [0.2, 0.25) is 5.02 Å². The summed E-state index contributed by atoms with van der Waals surface area (Å²) in [7, 11) is 1.65. The van der Waals surface area contributed by atoms with Crippen LogP contribution >= 0.6 is 11.6 Å². The summed E-state index contributed by atoms with van der Waals surface area (Å²) in [6.07, 6.45) is 1.80. The van der Waals surface area contributed by atoms with E-state index in [-0.39, 0.29) is 6.10 Å². The highest BCUT2D eigenvalue weighted by molar-refractivity contribution is 6.32. The van der Waals surface area contributed by atoms with Gasteiger partial charge in [0.05, 0.1) is 12.6 Å². The molecule has 0 aliphatic heterocycles. The standard InChI is InChI=1S/C7H12ClN3O/c1-5(12-2)3-11-4-6(8)7(9)10-11/h4-5H,3H2,1-2H3,(H2,9,10). The molecule has 1 atom stereocenters. The zero-order valence-electron chi connectivity index (χ0n) is 7.12. The number of aromatic nitrogens is 2. The Balaban J connectivity index is 2.64. The number of ether oxygens (including phenoxy) is 1. The molecule has 0 aromatic carbocycles. The fraction of sp³-hybridized carbons (Fsp3) is 0.571. The van der Waals surface area contributed by atoms with Crippen LogP contribution in [-0.4, -0.2) is 23.0 Å². The normalized spacial score (nSPS) is 13.2. The predicted octanol–water partition coefficient (Wildman–Crippen LogP) is 1.15. The Morgan fingerprint density at radius 2 is 2.50 bits per heavy atom. The molecule has 1 aromatic rings. The highest BCUT2D eigenvalue weighted by atomic mass is 35.5. The molecule has 0 spiro atoms. The molecule has 0 aliphatic rings. The number of rotatable bonds is 3. The van der Waals surface area contributed by atoms with Crippen LogP contribution in [0.4, 0.5) is 5.82 Å². The monoisotopic (exact) mass is 189 g/mol. The fourth-order valence-electron chi connectivity index (χ4n) is 0.843. The Kier molecular flexibility index (Phi) is 2.94. The Hall–Kier alpha value is -0.740. The molecule has 4 nitrogen and oxygen atoms in total. The molecular weight excluding hydrogens is 178 g/mol. The van der Waals surface area contributed by atoms with Gasteiger partial charge in [-0.2, -0.15) is 5.10 Å². The third-order valence-corrected chi connectivity index (χ3v) is 1.88. The maximum Gasteiger partial charge on any atom is 0.164 e. The summed E-state index contributed by atoms with van der Waals surface area (Å²) in [6.45, 7) is 2.61. The number of hydrogen-bond donors (Lipinski definition) is 1. The third-order valence-electron chi connectivity index (χ3n) is 1.59. The van der Waals surface area contributed by atoms with Crippen molar-refractivity contribution in [1.29, 1.82) is 0 Å². The Morgan fingerprint density at radius 3 is 2.92 bits per heavy atom. The van der Waals surface area contributed by atoms with Gasteiger partial charge in [0.25, 0.3) is 0 Å². The third kappa shape index (κ3) is 2.12. The van der Waals surface area contributed by atoms with Crippen LogP contribution in [-0.2, 0) is 11.3 Å². The molecule has 2 N–H and O–H groups in total. The number of nitrogens with two attached hydrogens (primary N) is 1. The molecule has 0 fully saturated rings. The molecule has 0 saturated heterocycles. The van der Waals surface area contributed by atoms with Crippen molar-refractivity contribution in [3.05, 3.63) is 11.2 Å². The summed E-state index contributed by atoms with van der Waals surface area (Å²) >= 11 is 5.71. The van der Waals surface area contributed by atoms with Gasteiger partial charge in [-0.3, -0.25) is 4.68 Å². The van der Waals surface area contributed by atoms with Crippen molar-refractivity contribution < 1.29 is 4.74 Å². The smallest absolute Gasteiger partial charge is 0.164 e. The van der Waals surface area contributed by atoms with E-state index in [9.17, 15) is 0 Å². The second kappa shape index (κ2) is 3.78. The van der Waals surface area contributed by atoms with Crippen molar-refractivity contribution in [2.75, 3.05) is 12.8 Å². The first-order chi connectivity index (χ1) is 5.63. The maximum atomic E-state index is 5.71. The van der Waals surface area contributed by atoms with E-state index in [0.717, 1.165) is 0 Å². The van der Waals surface area contributed by atoms with Gasteiger partial charge in [0.1, 0.15) is 5.02 Å². The van der Waals surface area contributed by atoms with Crippen LogP contribution in [0.25, 0.3) is 0 Å². The predicted molar refractivity (Wildman–Crippen MR) is 48.1 cm³/mol. The molecule has 1 heterocycles. The Morgan fingerprint density at radius 1 is 1.83 bits per heavy atom. The van der Waals surface area contributed by atoms with Gasteiger partial charge in [0, 0.05) is 13.3 Å². The molecule has 0 bridgehead atoms. The van der Waals surface area contributed by atoms with E-state index in [1.54, 1.807) is 18.0 Å². The minimum absolute atomic E-state index is 0.111. The summed E-state index contributed by atoms with van der Waals surface area (Å²) in [5.41, 5.74) is 5.45. The number of nitrogen functional groups attached to an aromatic ring is 1. The average molecular weight is 190 g/mol. The molecule has 12 heavy (non-hydrogen) atoms. The van der Waals surface area contributed by atoms with E-state index in [1.807, 2.05) is 6.92 Å². The van der Waals surface area contributed by atoms with Gasteiger partial charge in [0.2, 0.25) is 0 Å². The van der Waals surface area contributed by atoms with Crippen LogP contribution in [0.3, 0.4) is 0 Å². The lowest BCUT2D eigenvalue weighted by molar-refractivity contribution is 0.0999. The first-order valence-electron chi connectivity index (χ1n) is 3.64. The molecule has 1 unspecified atom stereocenters. The second-order valence-electron chi connectivity index (χ2n) is 2.63. The number of methoxy groups -OCH3 is 1. The summed E-state index contributed by atoms with van der Waals surface area (Å²) in [5.74, 6) is 0.361. The second-order valence-corrected chi connectivity index (χ2v) is 3.04. The summed E-state index contributed by atoms with van der Waals surface area (Å²) in [4.78, 5) is 0. The van der Waals surface area contributed by atoms with E-state index >= 15 is 0 Å². The van der Waals surface area contributed by atoms with Crippen molar-refractivity contribution >= 4 is 17.4 Å². The van der Waals surface area contributed by atoms with Crippen LogP contribution in [0, 0.1) is 0 Å². The SMILES string of the molecule is COC(C)Cn1cc(Cl)c(N)n1. The van der Waals surface area contributed by atoms with Gasteiger partial charge in [-0.15, -0.1) is 0 Å². The topological polar surface area (TPSA) is 53.1 Å². The quantitative estimate of drug-likeness (QED) is 0.776. The van der Waals surface area contributed by atoms with Crippen molar-refractivity contribution in [2.45, 2.75) is 19.6 Å². The van der Waals surface area contributed by atoms with E-state index in [0.29, 0.717) is 17.4 Å². The van der Waals surface area contributed by atoms with Crippen LogP contribution in [0.15, 0.2) is 6.20 Å². The minimum Gasteiger partial charge on any atom is -0.381 e.